The molecular formula is C14H26N2O4. The first-order chi connectivity index (χ1) is 9.41. The number of rotatable bonds is 7. The summed E-state index contributed by atoms with van der Waals surface area (Å²) in [5.74, 6) is -1.49. The summed E-state index contributed by atoms with van der Waals surface area (Å²) in [4.78, 5) is 27.1. The molecule has 1 N–H and O–H groups in total. The molecule has 0 radical (unpaired) electrons. The van der Waals surface area contributed by atoms with E-state index in [4.69, 9.17) is 9.84 Å². The summed E-state index contributed by atoms with van der Waals surface area (Å²) in [7, 11) is 0. The molecular weight excluding hydrogens is 260 g/mol. The standard InChI is InChI=1S/C14H26N2O4/c1-11(2)13(17)16(10-12(3)14(18)19)5-4-15-6-8-20-9-7-15/h11-12H,4-10H2,1-3H3,(H,18,19). The van der Waals surface area contributed by atoms with Crippen molar-refractivity contribution >= 4 is 11.9 Å². The number of hydrogen-bond donors (Lipinski definition) is 1. The van der Waals surface area contributed by atoms with Gasteiger partial charge >= 0.3 is 5.97 Å². The van der Waals surface area contributed by atoms with Crippen molar-refractivity contribution < 1.29 is 19.4 Å². The van der Waals surface area contributed by atoms with E-state index in [1.807, 2.05) is 13.8 Å². The van der Waals surface area contributed by atoms with Gasteiger partial charge in [0.2, 0.25) is 5.91 Å². The maximum Gasteiger partial charge on any atom is 0.308 e. The molecule has 1 amide bonds. The van der Waals surface area contributed by atoms with Gasteiger partial charge in [0.05, 0.1) is 19.1 Å². The predicted octanol–water partition coefficient (Wildman–Crippen LogP) is 0.524. The lowest BCUT2D eigenvalue weighted by Crippen LogP contribution is -2.46. The highest BCUT2D eigenvalue weighted by atomic mass is 16.5. The largest absolute Gasteiger partial charge is 0.481 e. The summed E-state index contributed by atoms with van der Waals surface area (Å²) in [5.41, 5.74) is 0. The van der Waals surface area contributed by atoms with Gasteiger partial charge in [-0.05, 0) is 0 Å². The minimum atomic E-state index is -0.863. The first-order valence-corrected chi connectivity index (χ1v) is 7.23. The Morgan fingerprint density at radius 2 is 1.85 bits per heavy atom. The van der Waals surface area contributed by atoms with E-state index in [9.17, 15) is 9.59 Å². The van der Waals surface area contributed by atoms with Crippen molar-refractivity contribution in [2.75, 3.05) is 45.9 Å². The van der Waals surface area contributed by atoms with E-state index in [1.165, 1.54) is 0 Å². The molecule has 6 heteroatoms. The van der Waals surface area contributed by atoms with Gasteiger partial charge in [0.15, 0.2) is 0 Å². The van der Waals surface area contributed by atoms with Crippen molar-refractivity contribution in [3.63, 3.8) is 0 Å². The van der Waals surface area contributed by atoms with Crippen LogP contribution in [0.4, 0.5) is 0 Å². The van der Waals surface area contributed by atoms with Gasteiger partial charge in [0, 0.05) is 38.6 Å². The number of amides is 1. The molecule has 1 aliphatic heterocycles. The molecule has 0 aromatic heterocycles. The maximum atomic E-state index is 12.2. The van der Waals surface area contributed by atoms with Crippen molar-refractivity contribution in [2.45, 2.75) is 20.8 Å². The second-order valence-corrected chi connectivity index (χ2v) is 5.63. The predicted molar refractivity (Wildman–Crippen MR) is 75.5 cm³/mol. The quantitative estimate of drug-likeness (QED) is 0.739. The van der Waals surface area contributed by atoms with Crippen molar-refractivity contribution in [1.29, 1.82) is 0 Å². The third kappa shape index (κ3) is 5.46. The van der Waals surface area contributed by atoms with Gasteiger partial charge in [-0.1, -0.05) is 20.8 Å². The van der Waals surface area contributed by atoms with Crippen LogP contribution in [0.25, 0.3) is 0 Å². The topological polar surface area (TPSA) is 70.1 Å². The first kappa shape index (κ1) is 16.9. The number of hydrogen-bond acceptors (Lipinski definition) is 4. The molecule has 0 aromatic rings. The summed E-state index contributed by atoms with van der Waals surface area (Å²) in [6.45, 7) is 10.1. The van der Waals surface area contributed by atoms with Crippen LogP contribution < -0.4 is 0 Å². The molecule has 0 spiro atoms. The van der Waals surface area contributed by atoms with E-state index < -0.39 is 11.9 Å². The van der Waals surface area contributed by atoms with Crippen LogP contribution >= 0.6 is 0 Å². The van der Waals surface area contributed by atoms with Crippen molar-refractivity contribution in [2.24, 2.45) is 11.8 Å². The van der Waals surface area contributed by atoms with Gasteiger partial charge in [-0.15, -0.1) is 0 Å². The lowest BCUT2D eigenvalue weighted by atomic mass is 10.1. The molecule has 0 aliphatic carbocycles. The molecule has 1 fully saturated rings. The molecule has 1 atom stereocenters. The number of morpholine rings is 1. The van der Waals surface area contributed by atoms with Gasteiger partial charge in [-0.3, -0.25) is 14.5 Å². The zero-order valence-corrected chi connectivity index (χ0v) is 12.7. The molecule has 1 rings (SSSR count). The van der Waals surface area contributed by atoms with Crippen molar-refractivity contribution in [1.82, 2.24) is 9.80 Å². The molecule has 0 bridgehead atoms. The molecule has 1 unspecified atom stereocenters. The van der Waals surface area contributed by atoms with Crippen LogP contribution in [0.3, 0.4) is 0 Å². The van der Waals surface area contributed by atoms with E-state index >= 15 is 0 Å². The Morgan fingerprint density at radius 1 is 1.25 bits per heavy atom. The number of carbonyl (C=O) groups is 2. The normalized spacial score (nSPS) is 18.0. The molecule has 0 saturated carbocycles. The average molecular weight is 286 g/mol. The highest BCUT2D eigenvalue weighted by molar-refractivity contribution is 5.79. The Labute approximate surface area is 120 Å². The third-order valence-corrected chi connectivity index (χ3v) is 3.51. The van der Waals surface area contributed by atoms with Gasteiger partial charge in [-0.25, -0.2) is 0 Å². The Morgan fingerprint density at radius 3 is 2.35 bits per heavy atom. The fourth-order valence-electron chi connectivity index (χ4n) is 2.15. The molecule has 116 valence electrons. The Hall–Kier alpha value is -1.14. The number of ether oxygens (including phenoxy) is 1. The van der Waals surface area contributed by atoms with Gasteiger partial charge in [0.25, 0.3) is 0 Å². The van der Waals surface area contributed by atoms with E-state index in [2.05, 4.69) is 4.90 Å². The van der Waals surface area contributed by atoms with Crippen LogP contribution in [0, 0.1) is 11.8 Å². The Balaban J connectivity index is 2.52. The lowest BCUT2D eigenvalue weighted by Gasteiger charge is -2.31. The van der Waals surface area contributed by atoms with E-state index in [-0.39, 0.29) is 18.4 Å². The fourth-order valence-corrected chi connectivity index (χ4v) is 2.15. The van der Waals surface area contributed by atoms with Crippen LogP contribution in [0.15, 0.2) is 0 Å². The van der Waals surface area contributed by atoms with Crippen LogP contribution in [0.5, 0.6) is 0 Å². The zero-order chi connectivity index (χ0) is 15.1. The summed E-state index contributed by atoms with van der Waals surface area (Å²) in [6, 6.07) is 0. The maximum absolute atomic E-state index is 12.2. The van der Waals surface area contributed by atoms with Gasteiger partial charge in [0.1, 0.15) is 0 Å². The smallest absolute Gasteiger partial charge is 0.308 e. The van der Waals surface area contributed by atoms with Crippen LogP contribution in [-0.4, -0.2) is 72.7 Å². The molecule has 0 aromatic carbocycles. The minimum Gasteiger partial charge on any atom is -0.481 e. The molecule has 6 nitrogen and oxygen atoms in total. The number of aliphatic carboxylic acids is 1. The Bertz CT molecular complexity index is 327. The summed E-state index contributed by atoms with van der Waals surface area (Å²) in [6.07, 6.45) is 0. The zero-order valence-electron chi connectivity index (χ0n) is 12.7. The third-order valence-electron chi connectivity index (χ3n) is 3.51. The van der Waals surface area contributed by atoms with Gasteiger partial charge in [-0.2, -0.15) is 0 Å². The molecule has 1 saturated heterocycles. The van der Waals surface area contributed by atoms with Crippen molar-refractivity contribution in [3.8, 4) is 0 Å². The highest BCUT2D eigenvalue weighted by Gasteiger charge is 2.23. The summed E-state index contributed by atoms with van der Waals surface area (Å²) in [5, 5.41) is 9.00. The SMILES string of the molecule is CC(C)C(=O)N(CCN1CCOCC1)CC(C)C(=O)O. The Kier molecular flexibility index (Phi) is 6.95. The van der Waals surface area contributed by atoms with Crippen molar-refractivity contribution in [3.05, 3.63) is 0 Å². The second kappa shape index (κ2) is 8.21. The van der Waals surface area contributed by atoms with E-state index in [0.717, 1.165) is 32.8 Å². The average Bonchev–Trinajstić information content (AvgIpc) is 2.43. The first-order valence-electron chi connectivity index (χ1n) is 7.23. The van der Waals surface area contributed by atoms with E-state index in [1.54, 1.807) is 11.8 Å². The minimum absolute atomic E-state index is 0.0198. The molecule has 1 heterocycles. The second-order valence-electron chi connectivity index (χ2n) is 5.63. The van der Waals surface area contributed by atoms with Crippen LogP contribution in [0.2, 0.25) is 0 Å². The monoisotopic (exact) mass is 286 g/mol. The number of carboxylic acid groups (broad SMARTS) is 1. The number of nitrogens with zero attached hydrogens (tertiary/aromatic N) is 2. The molecule has 1 aliphatic rings. The van der Waals surface area contributed by atoms with Gasteiger partial charge < -0.3 is 14.7 Å². The summed E-state index contributed by atoms with van der Waals surface area (Å²) >= 11 is 0. The lowest BCUT2D eigenvalue weighted by molar-refractivity contribution is -0.143. The van der Waals surface area contributed by atoms with E-state index in [0.29, 0.717) is 6.54 Å². The van der Waals surface area contributed by atoms with Crippen LogP contribution in [0.1, 0.15) is 20.8 Å². The summed E-state index contributed by atoms with van der Waals surface area (Å²) < 4.78 is 5.29. The highest BCUT2D eigenvalue weighted by Crippen LogP contribution is 2.07. The van der Waals surface area contributed by atoms with Crippen LogP contribution in [-0.2, 0) is 14.3 Å². The molecule has 20 heavy (non-hydrogen) atoms. The number of carbonyl (C=O) groups excluding carboxylic acids is 1. The fraction of sp³-hybridized carbons (Fsp3) is 0.857. The number of carboxylic acids is 1.